The molecule has 1 aliphatic rings. The van der Waals surface area contributed by atoms with Crippen LogP contribution in [0.4, 0.5) is 0 Å². The molecule has 0 saturated carbocycles. The maximum atomic E-state index is 4.65. The summed E-state index contributed by atoms with van der Waals surface area (Å²) in [5, 5.41) is 4.03. The minimum atomic E-state index is 0.696. The van der Waals surface area contributed by atoms with E-state index in [4.69, 9.17) is 0 Å². The first-order valence-corrected chi connectivity index (χ1v) is 7.00. The van der Waals surface area contributed by atoms with Gasteiger partial charge in [-0.1, -0.05) is 13.8 Å². The molecule has 0 aliphatic carbocycles. The lowest BCUT2D eigenvalue weighted by atomic mass is 10.1. The van der Waals surface area contributed by atoms with Gasteiger partial charge in [0.25, 0.3) is 0 Å². The van der Waals surface area contributed by atoms with Crippen LogP contribution in [0, 0.1) is 0 Å². The first-order valence-electron chi connectivity index (χ1n) is 5.95. The van der Waals surface area contributed by atoms with Crippen molar-refractivity contribution in [1.29, 1.82) is 0 Å². The molecule has 4 heteroatoms. The van der Waals surface area contributed by atoms with E-state index in [9.17, 15) is 0 Å². The van der Waals surface area contributed by atoms with E-state index >= 15 is 0 Å². The Balaban J connectivity index is 2.00. The predicted molar refractivity (Wildman–Crippen MR) is 68.5 cm³/mol. The SMILES string of the molecule is CCC(C)SCc1ncc2c(n1)CCNC2. The van der Waals surface area contributed by atoms with Gasteiger partial charge in [0.05, 0.1) is 5.75 Å². The van der Waals surface area contributed by atoms with Crippen molar-refractivity contribution in [2.45, 2.75) is 44.2 Å². The van der Waals surface area contributed by atoms with Crippen molar-refractivity contribution in [3.8, 4) is 0 Å². The lowest BCUT2D eigenvalue weighted by Gasteiger charge is -2.16. The van der Waals surface area contributed by atoms with Crippen molar-refractivity contribution in [3.05, 3.63) is 23.3 Å². The van der Waals surface area contributed by atoms with E-state index in [1.807, 2.05) is 18.0 Å². The molecule has 3 nitrogen and oxygen atoms in total. The maximum Gasteiger partial charge on any atom is 0.138 e. The third-order valence-electron chi connectivity index (χ3n) is 2.93. The molecule has 0 saturated heterocycles. The Bertz CT molecular complexity index is 354. The fourth-order valence-corrected chi connectivity index (χ4v) is 2.49. The first kappa shape index (κ1) is 11.9. The molecule has 0 fully saturated rings. The number of thioether (sulfide) groups is 1. The Morgan fingerprint density at radius 3 is 3.25 bits per heavy atom. The molecule has 0 aromatic carbocycles. The Labute approximate surface area is 101 Å². The molecule has 0 radical (unpaired) electrons. The number of hydrogen-bond donors (Lipinski definition) is 1. The number of nitrogens with zero attached hydrogens (tertiary/aromatic N) is 2. The molecule has 1 unspecified atom stereocenters. The van der Waals surface area contributed by atoms with Crippen LogP contribution in [-0.2, 0) is 18.7 Å². The lowest BCUT2D eigenvalue weighted by Crippen LogP contribution is -2.25. The van der Waals surface area contributed by atoms with E-state index in [1.165, 1.54) is 17.7 Å². The smallest absolute Gasteiger partial charge is 0.138 e. The summed E-state index contributed by atoms with van der Waals surface area (Å²) in [6, 6.07) is 0. The second-order valence-corrected chi connectivity index (χ2v) is 5.64. The van der Waals surface area contributed by atoms with Crippen molar-refractivity contribution in [2.75, 3.05) is 6.54 Å². The summed E-state index contributed by atoms with van der Waals surface area (Å²) in [7, 11) is 0. The highest BCUT2D eigenvalue weighted by molar-refractivity contribution is 7.99. The van der Waals surface area contributed by atoms with Crippen LogP contribution in [0.25, 0.3) is 0 Å². The van der Waals surface area contributed by atoms with E-state index in [-0.39, 0.29) is 0 Å². The fraction of sp³-hybridized carbons (Fsp3) is 0.667. The number of aromatic nitrogens is 2. The highest BCUT2D eigenvalue weighted by Crippen LogP contribution is 2.19. The highest BCUT2D eigenvalue weighted by Gasteiger charge is 2.11. The molecule has 1 aliphatic heterocycles. The van der Waals surface area contributed by atoms with Crippen LogP contribution >= 0.6 is 11.8 Å². The number of rotatable bonds is 4. The Hall–Kier alpha value is -0.610. The molecule has 0 spiro atoms. The molecule has 0 bridgehead atoms. The molecule has 1 N–H and O–H groups in total. The average Bonchev–Trinajstić information content (AvgIpc) is 2.35. The standard InChI is InChI=1S/C12H19N3S/c1-3-9(2)16-8-12-14-7-10-6-13-5-4-11(10)15-12/h7,9,13H,3-6,8H2,1-2H3. The van der Waals surface area contributed by atoms with E-state index in [1.54, 1.807) is 0 Å². The average molecular weight is 237 g/mol. The van der Waals surface area contributed by atoms with Gasteiger partial charge in [-0.15, -0.1) is 0 Å². The van der Waals surface area contributed by atoms with Gasteiger partial charge in [-0.2, -0.15) is 11.8 Å². The van der Waals surface area contributed by atoms with Crippen molar-refractivity contribution >= 4 is 11.8 Å². The summed E-state index contributed by atoms with van der Waals surface area (Å²) in [6.07, 6.45) is 4.24. The number of nitrogens with one attached hydrogen (secondary N) is 1. The van der Waals surface area contributed by atoms with Crippen LogP contribution in [0.2, 0.25) is 0 Å². The Morgan fingerprint density at radius 2 is 2.44 bits per heavy atom. The minimum absolute atomic E-state index is 0.696. The van der Waals surface area contributed by atoms with E-state index < -0.39 is 0 Å². The van der Waals surface area contributed by atoms with Crippen LogP contribution in [0.15, 0.2) is 6.20 Å². The van der Waals surface area contributed by atoms with Crippen molar-refractivity contribution in [1.82, 2.24) is 15.3 Å². The second kappa shape index (κ2) is 5.64. The summed E-state index contributed by atoms with van der Waals surface area (Å²) < 4.78 is 0. The summed E-state index contributed by atoms with van der Waals surface area (Å²) in [5.41, 5.74) is 2.51. The van der Waals surface area contributed by atoms with E-state index in [0.29, 0.717) is 5.25 Å². The van der Waals surface area contributed by atoms with E-state index in [0.717, 1.165) is 31.1 Å². The number of hydrogen-bond acceptors (Lipinski definition) is 4. The summed E-state index contributed by atoms with van der Waals surface area (Å²) in [6.45, 7) is 6.44. The van der Waals surface area contributed by atoms with Crippen LogP contribution in [0.5, 0.6) is 0 Å². The summed E-state index contributed by atoms with van der Waals surface area (Å²) in [5.74, 6) is 1.93. The maximum absolute atomic E-state index is 4.65. The molecule has 1 aromatic heterocycles. The van der Waals surface area contributed by atoms with Gasteiger partial charge in [0.2, 0.25) is 0 Å². The zero-order valence-corrected chi connectivity index (χ0v) is 10.8. The van der Waals surface area contributed by atoms with Crippen LogP contribution < -0.4 is 5.32 Å². The molecular formula is C12H19N3S. The summed E-state index contributed by atoms with van der Waals surface area (Å²) >= 11 is 1.94. The van der Waals surface area contributed by atoms with Crippen LogP contribution in [0.1, 0.15) is 37.4 Å². The largest absolute Gasteiger partial charge is 0.312 e. The van der Waals surface area contributed by atoms with Gasteiger partial charge in [0.15, 0.2) is 0 Å². The van der Waals surface area contributed by atoms with Gasteiger partial charge < -0.3 is 5.32 Å². The van der Waals surface area contributed by atoms with Gasteiger partial charge in [-0.25, -0.2) is 9.97 Å². The fourth-order valence-electron chi connectivity index (χ4n) is 1.68. The first-order chi connectivity index (χ1) is 7.79. The van der Waals surface area contributed by atoms with Gasteiger partial charge in [0, 0.05) is 42.2 Å². The Morgan fingerprint density at radius 1 is 1.56 bits per heavy atom. The molecule has 0 amide bonds. The minimum Gasteiger partial charge on any atom is -0.312 e. The normalized spacial score (nSPS) is 16.9. The topological polar surface area (TPSA) is 37.8 Å². The van der Waals surface area contributed by atoms with Gasteiger partial charge in [0.1, 0.15) is 5.82 Å². The van der Waals surface area contributed by atoms with Crippen molar-refractivity contribution in [3.63, 3.8) is 0 Å². The molecular weight excluding hydrogens is 218 g/mol. The zero-order valence-electron chi connectivity index (χ0n) is 9.99. The third-order valence-corrected chi connectivity index (χ3v) is 4.26. The molecule has 88 valence electrons. The van der Waals surface area contributed by atoms with E-state index in [2.05, 4.69) is 29.1 Å². The summed E-state index contributed by atoms with van der Waals surface area (Å²) in [4.78, 5) is 9.07. The lowest BCUT2D eigenvalue weighted by molar-refractivity contribution is 0.622. The molecule has 2 rings (SSSR count). The molecule has 1 aromatic rings. The monoisotopic (exact) mass is 237 g/mol. The Kier molecular flexibility index (Phi) is 4.18. The molecule has 1 atom stereocenters. The molecule has 16 heavy (non-hydrogen) atoms. The third kappa shape index (κ3) is 2.95. The zero-order chi connectivity index (χ0) is 11.4. The van der Waals surface area contributed by atoms with Crippen LogP contribution in [0.3, 0.4) is 0 Å². The van der Waals surface area contributed by atoms with Crippen molar-refractivity contribution in [2.24, 2.45) is 0 Å². The molecule has 2 heterocycles. The van der Waals surface area contributed by atoms with Gasteiger partial charge in [-0.3, -0.25) is 0 Å². The van der Waals surface area contributed by atoms with Gasteiger partial charge in [-0.05, 0) is 6.42 Å². The second-order valence-electron chi connectivity index (χ2n) is 4.21. The predicted octanol–water partition coefficient (Wildman–Crippen LogP) is 2.15. The van der Waals surface area contributed by atoms with Crippen molar-refractivity contribution < 1.29 is 0 Å². The quantitative estimate of drug-likeness (QED) is 0.871. The highest BCUT2D eigenvalue weighted by atomic mass is 32.2. The number of fused-ring (bicyclic) bond motifs is 1. The van der Waals surface area contributed by atoms with Crippen LogP contribution in [-0.4, -0.2) is 21.8 Å². The van der Waals surface area contributed by atoms with Gasteiger partial charge >= 0.3 is 0 Å².